The zero-order valence-electron chi connectivity index (χ0n) is 88.8. The number of hydrogen-bond acceptors (Lipinski definition) is 0. The largest absolute Gasteiger partial charge is 0.416 e. The van der Waals surface area contributed by atoms with Crippen LogP contribution in [0.1, 0.15) is 437 Å². The molecule has 9 aromatic rings. The predicted molar refractivity (Wildman–Crippen MR) is 602 cm³/mol. The minimum absolute atomic E-state index is 0. The van der Waals surface area contributed by atoms with Crippen LogP contribution in [0.4, 0.5) is 17.6 Å². The second kappa shape index (κ2) is 44.2. The van der Waals surface area contributed by atoms with Crippen LogP contribution in [0.15, 0.2) is 188 Å². The van der Waals surface area contributed by atoms with E-state index >= 15 is 0 Å². The van der Waals surface area contributed by atoms with Crippen LogP contribution in [-0.2, 0) is 118 Å². The molecule has 137 heavy (non-hydrogen) atoms. The van der Waals surface area contributed by atoms with Gasteiger partial charge in [-0.25, -0.2) is 4.39 Å². The van der Waals surface area contributed by atoms with E-state index in [1.54, 1.807) is 12.1 Å². The van der Waals surface area contributed by atoms with Gasteiger partial charge in [0.25, 0.3) is 0 Å². The summed E-state index contributed by atoms with van der Waals surface area (Å²) in [4.78, 5) is 0. The lowest BCUT2D eigenvalue weighted by atomic mass is 9.74. The van der Waals surface area contributed by atoms with Crippen molar-refractivity contribution in [3.05, 3.63) is 366 Å². The van der Waals surface area contributed by atoms with E-state index in [4.69, 9.17) is 11.6 Å². The highest BCUT2D eigenvalue weighted by Crippen LogP contribution is 2.47. The van der Waals surface area contributed by atoms with Gasteiger partial charge in [0.2, 0.25) is 0 Å². The highest BCUT2D eigenvalue weighted by Gasteiger charge is 2.39. The first-order valence-corrected chi connectivity index (χ1v) is 49.9. The van der Waals surface area contributed by atoms with E-state index in [1.165, 1.54) is 145 Å². The zero-order valence-corrected chi connectivity index (χ0v) is 89.6. The lowest BCUT2D eigenvalue weighted by molar-refractivity contribution is -0.138. The molecule has 0 fully saturated rings. The molecule has 0 aliphatic heterocycles. The van der Waals surface area contributed by atoms with Gasteiger partial charge >= 0.3 is 6.18 Å². The molecule has 9 aliphatic rings. The molecule has 18 rings (SSSR count). The molecule has 0 heterocycles. The van der Waals surface area contributed by atoms with E-state index in [9.17, 15) is 17.6 Å². The second-order valence-corrected chi connectivity index (χ2v) is 50.2. The SMILES string of the molecule is C.C.C.CC(C)(C)c1cc2c(cc1C(C)(C)C)CC=C2.CC(C)(C)c1cc2c(cc1C(F)(F)F)CC=C2.CC(C)(C)c1cc2c(cc1Cl)CC=C2.CC(C)(C)c1cc2c(cc1F)C=CC2.CC(C)(C)c1ccc2c(c1)C=CC2C(C)(C)C.CC(C)(C)c1cccc2c1C=CC2.CC(C)(C)c1cccc2c1CC=C2.CC1=CCc2cccc(C(C)(C)C)c21.CCc1cc2c(cc1C(C)(C)C)C=CC2. The summed E-state index contributed by atoms with van der Waals surface area (Å²) in [5.41, 5.74) is 41.1. The zero-order chi connectivity index (χ0) is 99.6. The van der Waals surface area contributed by atoms with E-state index in [0.717, 1.165) is 78.6 Å². The smallest absolute Gasteiger partial charge is 0.207 e. The van der Waals surface area contributed by atoms with Crippen LogP contribution in [-0.4, -0.2) is 0 Å². The molecular weight excluding hydrogens is 1700 g/mol. The topological polar surface area (TPSA) is 0 Å². The number of benzene rings is 9. The summed E-state index contributed by atoms with van der Waals surface area (Å²) in [6.45, 7) is 77.6. The summed E-state index contributed by atoms with van der Waals surface area (Å²) in [7, 11) is 0. The van der Waals surface area contributed by atoms with Gasteiger partial charge in [0.1, 0.15) is 5.82 Å². The molecular formula is C132H175ClF4. The molecule has 0 bridgehead atoms. The molecule has 1 unspecified atom stereocenters. The molecule has 0 aromatic heterocycles. The summed E-state index contributed by atoms with van der Waals surface area (Å²) in [6.07, 6.45) is 42.2. The van der Waals surface area contributed by atoms with Crippen molar-refractivity contribution in [2.75, 3.05) is 0 Å². The molecule has 9 aliphatic carbocycles. The predicted octanol–water partition coefficient (Wildman–Crippen LogP) is 39.5. The van der Waals surface area contributed by atoms with Crippen LogP contribution < -0.4 is 0 Å². The van der Waals surface area contributed by atoms with Gasteiger partial charge in [0.15, 0.2) is 0 Å². The minimum atomic E-state index is -4.28. The van der Waals surface area contributed by atoms with Crippen LogP contribution in [0.2, 0.25) is 5.02 Å². The van der Waals surface area contributed by atoms with Gasteiger partial charge in [-0.1, -0.05) is 482 Å². The van der Waals surface area contributed by atoms with Gasteiger partial charge in [0, 0.05) is 10.9 Å². The van der Waals surface area contributed by atoms with Crippen molar-refractivity contribution in [2.24, 2.45) is 5.41 Å². The summed E-state index contributed by atoms with van der Waals surface area (Å²) < 4.78 is 52.8. The fourth-order valence-electron chi connectivity index (χ4n) is 19.5. The molecule has 738 valence electrons. The molecule has 0 spiro atoms. The molecule has 0 saturated heterocycles. The van der Waals surface area contributed by atoms with Crippen molar-refractivity contribution >= 4 is 65.8 Å². The maximum absolute atomic E-state index is 13.7. The fourth-order valence-corrected chi connectivity index (χ4v) is 19.9. The van der Waals surface area contributed by atoms with Gasteiger partial charge in [-0.15, -0.1) is 0 Å². The van der Waals surface area contributed by atoms with Gasteiger partial charge in [-0.3, -0.25) is 0 Å². The van der Waals surface area contributed by atoms with Crippen LogP contribution in [0.25, 0.3) is 54.2 Å². The van der Waals surface area contributed by atoms with Crippen LogP contribution in [0, 0.1) is 11.2 Å². The van der Waals surface area contributed by atoms with E-state index in [0.29, 0.717) is 23.3 Å². The molecule has 1 atom stereocenters. The number of rotatable bonds is 1. The number of allylic oxidation sites excluding steroid dienone is 10. The molecule has 0 N–H and O–H groups in total. The number of fused-ring (bicyclic) bond motifs is 9. The highest BCUT2D eigenvalue weighted by atomic mass is 35.5. The third-order valence-corrected chi connectivity index (χ3v) is 27.3. The Bertz CT molecular complexity index is 5930. The Morgan fingerprint density at radius 1 is 0.299 bits per heavy atom. The van der Waals surface area contributed by atoms with Crippen LogP contribution in [0.5, 0.6) is 0 Å². The molecule has 9 aromatic carbocycles. The van der Waals surface area contributed by atoms with E-state index in [2.05, 4.69) is 395 Å². The molecule has 0 amide bonds. The first-order chi connectivity index (χ1) is 61.7. The Morgan fingerprint density at radius 2 is 0.664 bits per heavy atom. The van der Waals surface area contributed by atoms with Crippen molar-refractivity contribution in [3.63, 3.8) is 0 Å². The number of aryl methyl sites for hydroxylation is 1. The van der Waals surface area contributed by atoms with Gasteiger partial charge in [-0.05, 0) is 315 Å². The average Bonchev–Trinajstić information content (AvgIpc) is 1.75. The molecule has 5 heteroatoms. The van der Waals surface area contributed by atoms with Gasteiger partial charge in [-0.2, -0.15) is 13.2 Å². The first kappa shape index (κ1) is 115. The number of halogens is 5. The van der Waals surface area contributed by atoms with E-state index in [-0.39, 0.29) is 76.8 Å². The van der Waals surface area contributed by atoms with Gasteiger partial charge in [0.05, 0.1) is 5.56 Å². The summed E-state index contributed by atoms with van der Waals surface area (Å²) >= 11 is 6.26. The van der Waals surface area contributed by atoms with E-state index < -0.39 is 17.2 Å². The Kier molecular flexibility index (Phi) is 37.0. The Morgan fingerprint density at radius 3 is 1.12 bits per heavy atom. The first-order valence-electron chi connectivity index (χ1n) is 49.5. The third kappa shape index (κ3) is 29.2. The maximum atomic E-state index is 13.7. The van der Waals surface area contributed by atoms with Gasteiger partial charge < -0.3 is 0 Å². The Balaban J connectivity index is 0.000000210. The van der Waals surface area contributed by atoms with Crippen molar-refractivity contribution in [2.45, 2.75) is 389 Å². The maximum Gasteiger partial charge on any atom is 0.416 e. The second-order valence-electron chi connectivity index (χ2n) is 49.8. The lowest BCUT2D eigenvalue weighted by Gasteiger charge is -2.31. The molecule has 0 nitrogen and oxygen atoms in total. The fraction of sp³-hybridized carbons (Fsp3) is 0.455. The normalized spacial score (nSPS) is 15.1. The number of hydrogen-bond donors (Lipinski definition) is 0. The van der Waals surface area contributed by atoms with Crippen LogP contribution >= 0.6 is 11.6 Å². The summed E-state index contributed by atoms with van der Waals surface area (Å²) in [5, 5.41) is 0.903. The third-order valence-electron chi connectivity index (χ3n) is 27.0. The lowest BCUT2D eigenvalue weighted by Crippen LogP contribution is -2.22. The highest BCUT2D eigenvalue weighted by molar-refractivity contribution is 6.31. The average molecular weight is 1870 g/mol. The van der Waals surface area contributed by atoms with Crippen molar-refractivity contribution in [1.82, 2.24) is 0 Å². The van der Waals surface area contributed by atoms with Crippen molar-refractivity contribution in [1.29, 1.82) is 0 Å². The monoisotopic (exact) mass is 1870 g/mol. The minimum Gasteiger partial charge on any atom is -0.207 e. The summed E-state index contributed by atoms with van der Waals surface area (Å²) in [5.74, 6) is 0.481. The number of alkyl halides is 3. The quantitative estimate of drug-likeness (QED) is 0.144. The standard InChI is InChI=1S/2C17H24.C15H20.C14H15F3.C14H18.C13H15Cl.C13H15F.2C13H16.3CH4/c1-16(2,3)13-8-9-14-12(11-13)7-10-15(14)17(4,5)6;1-16(2,3)14-10-12-8-7-9-13(12)11-15(14)17(4,5)6;1-5-11-9-12-7-6-8-13(12)10-14(11)15(2,3)4;1-13(2,3)11-7-9-5-4-6-10(9)8-12(11)14(15,16)17;1-10-8-9-11-6-5-7-12(13(10)11)14(2,3)4;2*1-13(2,3)11-7-9-5-4-6-10(9)8-12(11)14;2*1-13(2,3)12-9-5-7-10-6-4-8-11(10)12;;;/h7-11,15H,1-6H3;7-8,10-11H,9H2,1-6H3;6,8-10H,5,7H2,1-4H3;4-5,7-8H,6H2,1-3H3;5-8H,9H2,1-4H3;4-5,7-8H,6H2,1-3H3;4,6-8H,5H2,1-3H3;4-5,7-9H,6H2,1-3H3;4-7,9H,8H2,1-3H3;3*1H4. The Labute approximate surface area is 837 Å². The van der Waals surface area contributed by atoms with Crippen molar-refractivity contribution in [3.8, 4) is 0 Å². The Hall–Kier alpha value is -9.35. The van der Waals surface area contributed by atoms with E-state index in [1.807, 2.05) is 65.8 Å². The van der Waals surface area contributed by atoms with Crippen molar-refractivity contribution < 1.29 is 17.6 Å². The summed E-state index contributed by atoms with van der Waals surface area (Å²) in [6, 6.07) is 47.5. The molecule has 0 radical (unpaired) electrons. The molecule has 0 saturated carbocycles. The van der Waals surface area contributed by atoms with Crippen LogP contribution in [0.3, 0.4) is 0 Å².